The molecule has 0 unspecified atom stereocenters. The first-order valence-corrected chi connectivity index (χ1v) is 6.35. The van der Waals surface area contributed by atoms with Crippen LogP contribution in [0, 0.1) is 11.6 Å². The van der Waals surface area contributed by atoms with E-state index in [1.165, 1.54) is 25.4 Å². The molecule has 20 heavy (non-hydrogen) atoms. The van der Waals surface area contributed by atoms with Gasteiger partial charge in [-0.1, -0.05) is 17.6 Å². The summed E-state index contributed by atoms with van der Waals surface area (Å²) in [5.41, 5.74) is -0.252. The maximum absolute atomic E-state index is 13.9. The maximum Gasteiger partial charge on any atom is 0.339 e. The van der Waals surface area contributed by atoms with Gasteiger partial charge in [0.2, 0.25) is 6.41 Å². The molecule has 0 saturated carbocycles. The number of carboxylic acids is 1. The molecule has 1 heterocycles. The smallest absolute Gasteiger partial charge is 0.339 e. The third kappa shape index (κ3) is 2.29. The number of hydrogen-bond acceptors (Lipinski definition) is 3. The van der Waals surface area contributed by atoms with Crippen LogP contribution >= 0.6 is 11.3 Å². The number of anilines is 1. The van der Waals surface area contributed by atoms with Gasteiger partial charge in [0.05, 0.1) is 0 Å². The van der Waals surface area contributed by atoms with Gasteiger partial charge < -0.3 is 10.4 Å². The van der Waals surface area contributed by atoms with Crippen molar-refractivity contribution in [2.75, 3.05) is 5.32 Å². The lowest BCUT2D eigenvalue weighted by atomic mass is 9.92. The van der Waals surface area contributed by atoms with Gasteiger partial charge in [-0.25, -0.2) is 13.6 Å². The van der Waals surface area contributed by atoms with Crippen LogP contribution in [0.4, 0.5) is 13.8 Å². The van der Waals surface area contributed by atoms with Gasteiger partial charge in [0.1, 0.15) is 18.4 Å². The summed E-state index contributed by atoms with van der Waals surface area (Å²) in [6, 6.07) is 2.68. The molecule has 1 amide bonds. The summed E-state index contributed by atoms with van der Waals surface area (Å²) >= 11 is 0.930. The number of thiophene rings is 1. The Morgan fingerprint density at radius 1 is 1.30 bits per heavy atom. The molecular formula is C12H8BF2NO3S. The van der Waals surface area contributed by atoms with E-state index < -0.39 is 17.6 Å². The van der Waals surface area contributed by atoms with E-state index in [-0.39, 0.29) is 27.2 Å². The monoisotopic (exact) mass is 295 g/mol. The molecule has 0 aliphatic rings. The molecule has 0 saturated heterocycles. The first-order valence-electron chi connectivity index (χ1n) is 5.47. The molecule has 1 aromatic heterocycles. The number of benzene rings is 1. The molecule has 2 aromatic rings. The summed E-state index contributed by atoms with van der Waals surface area (Å²) in [5.74, 6) is -3.45. The molecule has 0 aliphatic carbocycles. The Balaban J connectivity index is 2.67. The van der Waals surface area contributed by atoms with Gasteiger partial charge in [0.25, 0.3) is 0 Å². The van der Waals surface area contributed by atoms with Crippen LogP contribution in [0.5, 0.6) is 0 Å². The second-order valence-electron chi connectivity index (χ2n) is 3.98. The SMILES string of the molecule is Bc1ccc(-c2csc(NC=O)c2C(=O)O)c(F)c1F. The summed E-state index contributed by atoms with van der Waals surface area (Å²) in [7, 11) is 1.41. The minimum atomic E-state index is -1.33. The van der Waals surface area contributed by atoms with E-state index in [0.29, 0.717) is 6.41 Å². The molecule has 4 nitrogen and oxygen atoms in total. The third-order valence-corrected chi connectivity index (χ3v) is 3.67. The number of nitrogens with one attached hydrogen (secondary N) is 1. The molecule has 0 atom stereocenters. The number of carbonyl (C=O) groups is 2. The minimum absolute atomic E-state index is 0.0308. The number of carbonyl (C=O) groups excluding carboxylic acids is 1. The summed E-state index contributed by atoms with van der Waals surface area (Å²) < 4.78 is 27.5. The standard InChI is InChI=1S/C12H8BF2NO3S/c13-7-2-1-5(9(14)10(7)15)6-3-20-11(16-4-17)8(6)12(18)19/h1-4H,13H2,(H,16,17)(H,18,19). The van der Waals surface area contributed by atoms with Crippen LogP contribution in [-0.4, -0.2) is 25.3 Å². The largest absolute Gasteiger partial charge is 0.478 e. The Bertz CT molecular complexity index is 702. The van der Waals surface area contributed by atoms with Gasteiger partial charge in [-0.05, 0) is 0 Å². The van der Waals surface area contributed by atoms with Gasteiger partial charge in [0.15, 0.2) is 11.6 Å². The molecule has 8 heteroatoms. The first kappa shape index (κ1) is 14.2. The fourth-order valence-electron chi connectivity index (χ4n) is 1.78. The van der Waals surface area contributed by atoms with Gasteiger partial charge >= 0.3 is 5.97 Å². The second-order valence-corrected chi connectivity index (χ2v) is 4.86. The van der Waals surface area contributed by atoms with Crippen molar-refractivity contribution < 1.29 is 23.5 Å². The quantitative estimate of drug-likeness (QED) is 0.658. The second kappa shape index (κ2) is 5.42. The highest BCUT2D eigenvalue weighted by Gasteiger charge is 2.23. The number of amides is 1. The topological polar surface area (TPSA) is 66.4 Å². The van der Waals surface area contributed by atoms with Crippen LogP contribution in [0.1, 0.15) is 10.4 Å². The average molecular weight is 295 g/mol. The number of hydrogen-bond donors (Lipinski definition) is 2. The summed E-state index contributed by atoms with van der Waals surface area (Å²) in [5, 5.41) is 12.8. The van der Waals surface area contributed by atoms with Crippen LogP contribution in [0.25, 0.3) is 11.1 Å². The predicted molar refractivity (Wildman–Crippen MR) is 74.5 cm³/mol. The molecule has 0 fully saturated rings. The lowest BCUT2D eigenvalue weighted by molar-refractivity contribution is -0.105. The Kier molecular flexibility index (Phi) is 3.85. The highest BCUT2D eigenvalue weighted by Crippen LogP contribution is 2.36. The van der Waals surface area contributed by atoms with Crippen molar-refractivity contribution in [2.24, 2.45) is 0 Å². The number of carboxylic acid groups (broad SMARTS) is 1. The van der Waals surface area contributed by atoms with Gasteiger partial charge in [-0.3, -0.25) is 4.79 Å². The first-order chi connectivity index (χ1) is 9.47. The van der Waals surface area contributed by atoms with Crippen LogP contribution in [0.15, 0.2) is 17.5 Å². The molecule has 1 aromatic carbocycles. The zero-order valence-corrected chi connectivity index (χ0v) is 11.1. The van der Waals surface area contributed by atoms with Crippen LogP contribution in [0.2, 0.25) is 0 Å². The Hall–Kier alpha value is -2.22. The zero-order valence-electron chi connectivity index (χ0n) is 10.2. The molecule has 102 valence electrons. The van der Waals surface area contributed by atoms with Crippen molar-refractivity contribution in [3.63, 3.8) is 0 Å². The van der Waals surface area contributed by atoms with E-state index in [4.69, 9.17) is 0 Å². The number of rotatable bonds is 4. The molecular weight excluding hydrogens is 287 g/mol. The molecule has 2 rings (SSSR count). The van der Waals surface area contributed by atoms with Gasteiger partial charge in [-0.15, -0.1) is 11.3 Å². The van der Waals surface area contributed by atoms with E-state index >= 15 is 0 Å². The summed E-state index contributed by atoms with van der Waals surface area (Å²) in [6.45, 7) is 0. The highest BCUT2D eigenvalue weighted by atomic mass is 32.1. The van der Waals surface area contributed by atoms with Crippen molar-refractivity contribution in [2.45, 2.75) is 0 Å². The number of aromatic carboxylic acids is 1. The minimum Gasteiger partial charge on any atom is -0.478 e. The van der Waals surface area contributed by atoms with Crippen LogP contribution in [0.3, 0.4) is 0 Å². The molecule has 0 radical (unpaired) electrons. The Morgan fingerprint density at radius 2 is 2.00 bits per heavy atom. The lowest BCUT2D eigenvalue weighted by Crippen LogP contribution is -2.11. The average Bonchev–Trinajstić information content (AvgIpc) is 2.80. The zero-order chi connectivity index (χ0) is 14.9. The Labute approximate surface area is 117 Å². The van der Waals surface area contributed by atoms with Gasteiger partial charge in [-0.2, -0.15) is 0 Å². The fraction of sp³-hybridized carbons (Fsp3) is 0. The van der Waals surface area contributed by atoms with E-state index in [2.05, 4.69) is 5.32 Å². The third-order valence-electron chi connectivity index (χ3n) is 2.76. The summed E-state index contributed by atoms with van der Waals surface area (Å²) in [4.78, 5) is 21.7. The number of halogens is 2. The van der Waals surface area contributed by atoms with Gasteiger partial charge in [0, 0.05) is 16.5 Å². The van der Waals surface area contributed by atoms with Crippen molar-refractivity contribution in [1.82, 2.24) is 0 Å². The van der Waals surface area contributed by atoms with E-state index in [1.54, 1.807) is 0 Å². The van der Waals surface area contributed by atoms with E-state index in [9.17, 15) is 23.5 Å². The molecule has 0 aliphatic heterocycles. The van der Waals surface area contributed by atoms with Crippen molar-refractivity contribution in [1.29, 1.82) is 0 Å². The summed E-state index contributed by atoms with van der Waals surface area (Å²) in [6.07, 6.45) is 0.328. The normalized spacial score (nSPS) is 10.3. The molecule has 0 bridgehead atoms. The van der Waals surface area contributed by atoms with Crippen molar-refractivity contribution in [3.8, 4) is 11.1 Å². The lowest BCUT2D eigenvalue weighted by Gasteiger charge is -2.06. The van der Waals surface area contributed by atoms with Crippen LogP contribution in [-0.2, 0) is 4.79 Å². The molecule has 0 spiro atoms. The van der Waals surface area contributed by atoms with Crippen molar-refractivity contribution >= 4 is 42.0 Å². The van der Waals surface area contributed by atoms with E-state index in [0.717, 1.165) is 11.3 Å². The predicted octanol–water partition coefficient (Wildman–Crippen LogP) is 1.22. The molecule has 2 N–H and O–H groups in total. The maximum atomic E-state index is 13.9. The fourth-order valence-corrected chi connectivity index (χ4v) is 2.69. The Morgan fingerprint density at radius 3 is 2.60 bits per heavy atom. The highest BCUT2D eigenvalue weighted by molar-refractivity contribution is 7.15. The van der Waals surface area contributed by atoms with E-state index in [1.807, 2.05) is 0 Å². The van der Waals surface area contributed by atoms with Crippen molar-refractivity contribution in [3.05, 3.63) is 34.7 Å². The van der Waals surface area contributed by atoms with Crippen LogP contribution < -0.4 is 10.8 Å².